The molecule has 1 aromatic heterocycles. The number of halogens is 1. The van der Waals surface area contributed by atoms with Crippen LogP contribution in [0, 0.1) is 0 Å². The summed E-state index contributed by atoms with van der Waals surface area (Å²) in [6, 6.07) is 0.246. The lowest BCUT2D eigenvalue weighted by Crippen LogP contribution is -2.35. The minimum atomic E-state index is -0.155. The van der Waals surface area contributed by atoms with E-state index in [9.17, 15) is 4.79 Å². The predicted octanol–water partition coefficient (Wildman–Crippen LogP) is 0.990. The van der Waals surface area contributed by atoms with Gasteiger partial charge in [-0.15, -0.1) is 0 Å². The number of alkyl halides is 1. The molecule has 1 heterocycles. The SMILES string of the molecule is CC(CBr)N(C)c1ncc[nH]c1=O. The van der Waals surface area contributed by atoms with Gasteiger partial charge in [-0.25, -0.2) is 4.98 Å². The summed E-state index contributed by atoms with van der Waals surface area (Å²) in [5.74, 6) is 0.453. The lowest BCUT2D eigenvalue weighted by atomic mass is 10.3. The number of H-pyrrole nitrogens is 1. The highest BCUT2D eigenvalue weighted by Crippen LogP contribution is 2.06. The second-order valence-corrected chi connectivity index (χ2v) is 3.50. The zero-order chi connectivity index (χ0) is 9.84. The number of nitrogens with one attached hydrogen (secondary N) is 1. The lowest BCUT2D eigenvalue weighted by molar-refractivity contribution is 0.749. The lowest BCUT2D eigenvalue weighted by Gasteiger charge is -2.22. The summed E-state index contributed by atoms with van der Waals surface area (Å²) in [4.78, 5) is 19.7. The Bertz CT molecular complexity index is 325. The third kappa shape index (κ3) is 2.30. The second-order valence-electron chi connectivity index (χ2n) is 2.86. The number of anilines is 1. The van der Waals surface area contributed by atoms with Gasteiger partial charge in [0, 0.05) is 30.8 Å². The number of rotatable bonds is 3. The highest BCUT2D eigenvalue weighted by molar-refractivity contribution is 9.09. The van der Waals surface area contributed by atoms with Gasteiger partial charge in [-0.1, -0.05) is 15.9 Å². The van der Waals surface area contributed by atoms with Gasteiger partial charge >= 0.3 is 0 Å². The first-order valence-electron chi connectivity index (χ1n) is 3.99. The van der Waals surface area contributed by atoms with Gasteiger partial charge in [0.1, 0.15) is 0 Å². The van der Waals surface area contributed by atoms with Crippen molar-refractivity contribution in [2.45, 2.75) is 13.0 Å². The van der Waals surface area contributed by atoms with E-state index in [4.69, 9.17) is 0 Å². The Hall–Kier alpha value is -0.840. The fourth-order valence-electron chi connectivity index (χ4n) is 0.908. The van der Waals surface area contributed by atoms with Gasteiger partial charge in [0.2, 0.25) is 0 Å². The van der Waals surface area contributed by atoms with Crippen molar-refractivity contribution in [2.24, 2.45) is 0 Å². The molecule has 0 fully saturated rings. The zero-order valence-electron chi connectivity index (χ0n) is 7.62. The molecule has 1 N–H and O–H groups in total. The summed E-state index contributed by atoms with van der Waals surface area (Å²) >= 11 is 3.36. The number of hydrogen-bond donors (Lipinski definition) is 1. The Balaban J connectivity index is 2.95. The molecule has 1 rings (SSSR count). The molecule has 0 radical (unpaired) electrons. The molecule has 1 aromatic rings. The van der Waals surface area contributed by atoms with Crippen molar-refractivity contribution in [3.8, 4) is 0 Å². The van der Waals surface area contributed by atoms with E-state index >= 15 is 0 Å². The van der Waals surface area contributed by atoms with Gasteiger partial charge in [0.05, 0.1) is 0 Å². The molecule has 0 aliphatic rings. The van der Waals surface area contributed by atoms with Crippen molar-refractivity contribution in [1.82, 2.24) is 9.97 Å². The third-order valence-corrected chi connectivity index (χ3v) is 2.84. The van der Waals surface area contributed by atoms with Crippen LogP contribution >= 0.6 is 15.9 Å². The van der Waals surface area contributed by atoms with E-state index in [1.165, 1.54) is 6.20 Å². The molecule has 0 saturated heterocycles. The molecular weight excluding hydrogens is 234 g/mol. The fraction of sp³-hybridized carbons (Fsp3) is 0.500. The molecule has 0 spiro atoms. The van der Waals surface area contributed by atoms with Crippen LogP contribution in [0.3, 0.4) is 0 Å². The summed E-state index contributed by atoms with van der Waals surface area (Å²) in [6.07, 6.45) is 3.10. The minimum absolute atomic E-state index is 0.155. The molecule has 0 aromatic carbocycles. The molecule has 0 amide bonds. The van der Waals surface area contributed by atoms with Crippen LogP contribution in [0.5, 0.6) is 0 Å². The molecule has 72 valence electrons. The maximum absolute atomic E-state index is 11.3. The first-order valence-corrected chi connectivity index (χ1v) is 5.11. The van der Waals surface area contributed by atoms with Crippen molar-refractivity contribution in [3.05, 3.63) is 22.7 Å². The van der Waals surface area contributed by atoms with Crippen molar-refractivity contribution < 1.29 is 0 Å². The normalized spacial score (nSPS) is 12.5. The van der Waals surface area contributed by atoms with Crippen molar-refractivity contribution >= 4 is 21.7 Å². The van der Waals surface area contributed by atoms with Crippen LogP contribution in [0.2, 0.25) is 0 Å². The Morgan fingerprint density at radius 3 is 3.00 bits per heavy atom. The van der Waals surface area contributed by atoms with E-state index < -0.39 is 0 Å². The first kappa shape index (κ1) is 10.2. The van der Waals surface area contributed by atoms with Crippen LogP contribution in [-0.2, 0) is 0 Å². The number of nitrogens with zero attached hydrogens (tertiary/aromatic N) is 2. The van der Waals surface area contributed by atoms with Crippen LogP contribution in [0.4, 0.5) is 5.82 Å². The van der Waals surface area contributed by atoms with Gasteiger partial charge in [-0.05, 0) is 6.92 Å². The van der Waals surface area contributed by atoms with Gasteiger partial charge in [0.25, 0.3) is 5.56 Å². The quantitative estimate of drug-likeness (QED) is 0.809. The standard InChI is InChI=1S/C8H12BrN3O/c1-6(5-9)12(2)7-8(13)11-4-3-10-7/h3-4,6H,5H2,1-2H3,(H,11,13). The monoisotopic (exact) mass is 245 g/mol. The van der Waals surface area contributed by atoms with Gasteiger partial charge in [0.15, 0.2) is 5.82 Å². The molecule has 0 aliphatic carbocycles. The van der Waals surface area contributed by atoms with Crippen LogP contribution in [0.25, 0.3) is 0 Å². The molecule has 1 atom stereocenters. The van der Waals surface area contributed by atoms with E-state index in [0.717, 1.165) is 5.33 Å². The molecule has 0 aliphatic heterocycles. The highest BCUT2D eigenvalue weighted by Gasteiger charge is 2.12. The molecule has 13 heavy (non-hydrogen) atoms. The van der Waals surface area contributed by atoms with E-state index in [0.29, 0.717) is 5.82 Å². The zero-order valence-corrected chi connectivity index (χ0v) is 9.21. The van der Waals surface area contributed by atoms with Crippen LogP contribution < -0.4 is 10.5 Å². The summed E-state index contributed by atoms with van der Waals surface area (Å²) < 4.78 is 0. The average molecular weight is 246 g/mol. The van der Waals surface area contributed by atoms with E-state index in [1.807, 2.05) is 18.9 Å². The van der Waals surface area contributed by atoms with Crippen LogP contribution in [0.15, 0.2) is 17.2 Å². The third-order valence-electron chi connectivity index (χ3n) is 1.91. The van der Waals surface area contributed by atoms with Crippen LogP contribution in [-0.4, -0.2) is 28.4 Å². The highest BCUT2D eigenvalue weighted by atomic mass is 79.9. The second kappa shape index (κ2) is 4.41. The molecule has 0 saturated carbocycles. The summed E-state index contributed by atoms with van der Waals surface area (Å²) in [6.45, 7) is 2.02. The Morgan fingerprint density at radius 1 is 1.77 bits per heavy atom. The predicted molar refractivity (Wildman–Crippen MR) is 56.5 cm³/mol. The molecular formula is C8H12BrN3O. The maximum atomic E-state index is 11.3. The number of aromatic amines is 1. The molecule has 1 unspecified atom stereocenters. The molecule has 4 nitrogen and oxygen atoms in total. The number of hydrogen-bond acceptors (Lipinski definition) is 3. The minimum Gasteiger partial charge on any atom is -0.352 e. The van der Waals surface area contributed by atoms with E-state index in [1.54, 1.807) is 6.20 Å². The van der Waals surface area contributed by atoms with Crippen molar-refractivity contribution in [2.75, 3.05) is 17.3 Å². The van der Waals surface area contributed by atoms with E-state index in [2.05, 4.69) is 25.9 Å². The van der Waals surface area contributed by atoms with Crippen molar-refractivity contribution in [1.29, 1.82) is 0 Å². The van der Waals surface area contributed by atoms with Crippen LogP contribution in [0.1, 0.15) is 6.92 Å². The van der Waals surface area contributed by atoms with Gasteiger partial charge in [-0.3, -0.25) is 4.79 Å². The topological polar surface area (TPSA) is 49.0 Å². The summed E-state index contributed by atoms with van der Waals surface area (Å²) in [7, 11) is 1.85. The van der Waals surface area contributed by atoms with E-state index in [-0.39, 0.29) is 11.6 Å². The van der Waals surface area contributed by atoms with Crippen molar-refractivity contribution in [3.63, 3.8) is 0 Å². The smallest absolute Gasteiger partial charge is 0.290 e. The molecule has 5 heteroatoms. The summed E-state index contributed by atoms with van der Waals surface area (Å²) in [5.41, 5.74) is -0.155. The Kier molecular flexibility index (Phi) is 3.48. The van der Waals surface area contributed by atoms with Gasteiger partial charge in [-0.2, -0.15) is 0 Å². The number of aromatic nitrogens is 2. The Labute approximate surface area is 85.1 Å². The van der Waals surface area contributed by atoms with Gasteiger partial charge < -0.3 is 9.88 Å². The molecule has 0 bridgehead atoms. The largest absolute Gasteiger partial charge is 0.352 e. The first-order chi connectivity index (χ1) is 6.16. The summed E-state index contributed by atoms with van der Waals surface area (Å²) in [5, 5.41) is 0.805. The Morgan fingerprint density at radius 2 is 2.46 bits per heavy atom. The average Bonchev–Trinajstić information content (AvgIpc) is 2.16. The maximum Gasteiger partial charge on any atom is 0.290 e. The fourth-order valence-corrected chi connectivity index (χ4v) is 1.34.